The summed E-state index contributed by atoms with van der Waals surface area (Å²) in [4.78, 5) is 14.5. The van der Waals surface area contributed by atoms with E-state index in [1.54, 1.807) is 45.0 Å². The summed E-state index contributed by atoms with van der Waals surface area (Å²) in [5.74, 6) is 0. The van der Waals surface area contributed by atoms with E-state index in [1.165, 1.54) is 12.0 Å². The highest BCUT2D eigenvalue weighted by Gasteiger charge is 2.14. The minimum absolute atomic E-state index is 0.172. The summed E-state index contributed by atoms with van der Waals surface area (Å²) < 4.78 is 9.92. The number of likely N-dealkylation sites (N-methyl/N-ethyl adjacent to an activating group) is 2. The molecule has 0 aromatic carbocycles. The van der Waals surface area contributed by atoms with Crippen molar-refractivity contribution in [3.63, 3.8) is 0 Å². The Bertz CT molecular complexity index is 404. The molecule has 0 aliphatic rings. The summed E-state index contributed by atoms with van der Waals surface area (Å²) in [6.07, 6.45) is 1.82. The van der Waals surface area contributed by atoms with E-state index in [4.69, 9.17) is 9.47 Å². The SMILES string of the molecule is C=C(C=CC(=C)N(C)C(O)COC)N(C)C(=O)OC(C)C. The summed E-state index contributed by atoms with van der Waals surface area (Å²) in [5.41, 5.74) is 1.02. The maximum absolute atomic E-state index is 11.7. The van der Waals surface area contributed by atoms with Gasteiger partial charge in [-0.15, -0.1) is 0 Å². The van der Waals surface area contributed by atoms with Crippen molar-refractivity contribution in [1.82, 2.24) is 9.80 Å². The minimum atomic E-state index is -0.788. The first-order valence-electron chi connectivity index (χ1n) is 6.60. The lowest BCUT2D eigenvalue weighted by Gasteiger charge is -2.25. The van der Waals surface area contributed by atoms with Gasteiger partial charge in [-0.3, -0.25) is 4.90 Å². The van der Waals surface area contributed by atoms with Crippen molar-refractivity contribution >= 4 is 6.09 Å². The Labute approximate surface area is 126 Å². The third kappa shape index (κ3) is 6.97. The van der Waals surface area contributed by atoms with Crippen LogP contribution in [0.4, 0.5) is 4.79 Å². The smallest absolute Gasteiger partial charge is 0.414 e. The van der Waals surface area contributed by atoms with Gasteiger partial charge in [-0.2, -0.15) is 0 Å². The van der Waals surface area contributed by atoms with Crippen LogP contribution in [-0.4, -0.2) is 61.1 Å². The number of nitrogens with zero attached hydrogens (tertiary/aromatic N) is 2. The molecule has 6 heteroatoms. The molecule has 0 aliphatic heterocycles. The zero-order valence-electron chi connectivity index (χ0n) is 13.5. The van der Waals surface area contributed by atoms with Gasteiger partial charge >= 0.3 is 6.09 Å². The number of hydrogen-bond donors (Lipinski definition) is 1. The molecule has 0 saturated heterocycles. The topological polar surface area (TPSA) is 62.2 Å². The highest BCUT2D eigenvalue weighted by molar-refractivity contribution is 5.70. The summed E-state index contributed by atoms with van der Waals surface area (Å²) >= 11 is 0. The number of allylic oxidation sites excluding steroid dienone is 2. The number of aliphatic hydroxyl groups is 1. The molecule has 0 aromatic heterocycles. The van der Waals surface area contributed by atoms with Gasteiger partial charge in [0.2, 0.25) is 0 Å². The molecule has 0 radical (unpaired) electrons. The fourth-order valence-corrected chi connectivity index (χ4v) is 1.27. The molecule has 0 saturated carbocycles. The predicted octanol–water partition coefficient (Wildman–Crippen LogP) is 1.94. The Balaban J connectivity index is 4.55. The molecule has 1 amide bonds. The van der Waals surface area contributed by atoms with Gasteiger partial charge in [0, 0.05) is 32.6 Å². The third-order valence-electron chi connectivity index (χ3n) is 2.73. The van der Waals surface area contributed by atoms with Gasteiger partial charge < -0.3 is 19.5 Å². The Kier molecular flexibility index (Phi) is 8.42. The van der Waals surface area contributed by atoms with Crippen LogP contribution in [0.3, 0.4) is 0 Å². The lowest BCUT2D eigenvalue weighted by Crippen LogP contribution is -2.33. The van der Waals surface area contributed by atoms with E-state index in [-0.39, 0.29) is 12.7 Å². The molecule has 0 aromatic rings. The average Bonchev–Trinajstić information content (AvgIpc) is 2.41. The summed E-state index contributed by atoms with van der Waals surface area (Å²) in [7, 11) is 4.77. The van der Waals surface area contributed by atoms with Crippen LogP contribution in [0.25, 0.3) is 0 Å². The molecule has 21 heavy (non-hydrogen) atoms. The minimum Gasteiger partial charge on any atom is -0.446 e. The number of rotatable bonds is 8. The molecule has 1 atom stereocenters. The largest absolute Gasteiger partial charge is 0.446 e. The summed E-state index contributed by atoms with van der Waals surface area (Å²) in [5, 5.41) is 9.75. The van der Waals surface area contributed by atoms with Crippen molar-refractivity contribution in [3.8, 4) is 0 Å². The second-order valence-electron chi connectivity index (χ2n) is 4.85. The summed E-state index contributed by atoms with van der Waals surface area (Å²) in [6, 6.07) is 0. The van der Waals surface area contributed by atoms with Gasteiger partial charge in [-0.25, -0.2) is 4.79 Å². The molecular formula is C15H26N2O4. The van der Waals surface area contributed by atoms with E-state index < -0.39 is 12.3 Å². The molecule has 0 spiro atoms. The molecule has 0 rings (SSSR count). The Hall–Kier alpha value is -1.79. The maximum atomic E-state index is 11.7. The van der Waals surface area contributed by atoms with E-state index in [9.17, 15) is 9.90 Å². The molecule has 0 heterocycles. The first kappa shape index (κ1) is 19.2. The van der Waals surface area contributed by atoms with Crippen molar-refractivity contribution in [2.75, 3.05) is 27.8 Å². The first-order valence-corrected chi connectivity index (χ1v) is 6.60. The van der Waals surface area contributed by atoms with E-state index in [0.29, 0.717) is 11.4 Å². The van der Waals surface area contributed by atoms with Gasteiger partial charge in [0.05, 0.1) is 12.7 Å². The molecule has 120 valence electrons. The van der Waals surface area contributed by atoms with E-state index >= 15 is 0 Å². The van der Waals surface area contributed by atoms with Gasteiger partial charge in [0.25, 0.3) is 0 Å². The van der Waals surface area contributed by atoms with E-state index in [1.807, 2.05) is 0 Å². The lowest BCUT2D eigenvalue weighted by molar-refractivity contribution is -0.0159. The van der Waals surface area contributed by atoms with Crippen molar-refractivity contribution in [2.24, 2.45) is 0 Å². The number of carbonyl (C=O) groups excluding carboxylic acids is 1. The number of ether oxygens (including phenoxy) is 2. The van der Waals surface area contributed by atoms with Crippen LogP contribution in [0.5, 0.6) is 0 Å². The van der Waals surface area contributed by atoms with Gasteiger partial charge in [0.15, 0.2) is 0 Å². The number of hydrogen-bond acceptors (Lipinski definition) is 5. The lowest BCUT2D eigenvalue weighted by atomic mass is 10.3. The van der Waals surface area contributed by atoms with E-state index in [2.05, 4.69) is 13.2 Å². The van der Waals surface area contributed by atoms with Gasteiger partial charge in [0.1, 0.15) is 6.23 Å². The number of aliphatic hydroxyl groups excluding tert-OH is 1. The van der Waals surface area contributed by atoms with Crippen LogP contribution in [0.1, 0.15) is 13.8 Å². The highest BCUT2D eigenvalue weighted by Crippen LogP contribution is 2.09. The molecular weight excluding hydrogens is 272 g/mol. The molecule has 0 aliphatic carbocycles. The first-order chi connectivity index (χ1) is 9.70. The van der Waals surface area contributed by atoms with Gasteiger partial charge in [-0.05, 0) is 26.0 Å². The van der Waals surface area contributed by atoms with E-state index in [0.717, 1.165) is 0 Å². The maximum Gasteiger partial charge on any atom is 0.414 e. The molecule has 6 nitrogen and oxygen atoms in total. The molecule has 1 N–H and O–H groups in total. The second-order valence-corrected chi connectivity index (χ2v) is 4.85. The van der Waals surface area contributed by atoms with Crippen molar-refractivity contribution < 1.29 is 19.4 Å². The van der Waals surface area contributed by atoms with Crippen molar-refractivity contribution in [1.29, 1.82) is 0 Å². The molecule has 0 bridgehead atoms. The molecule has 1 unspecified atom stereocenters. The Morgan fingerprint density at radius 1 is 1.24 bits per heavy atom. The highest BCUT2D eigenvalue weighted by atomic mass is 16.6. The molecule has 0 fully saturated rings. The average molecular weight is 298 g/mol. The van der Waals surface area contributed by atoms with Crippen LogP contribution in [0, 0.1) is 0 Å². The van der Waals surface area contributed by atoms with Crippen LogP contribution in [-0.2, 0) is 9.47 Å². The zero-order valence-corrected chi connectivity index (χ0v) is 13.5. The summed E-state index contributed by atoms with van der Waals surface area (Å²) in [6.45, 7) is 11.3. The van der Waals surface area contributed by atoms with Crippen LogP contribution in [0.2, 0.25) is 0 Å². The Morgan fingerprint density at radius 2 is 1.76 bits per heavy atom. The van der Waals surface area contributed by atoms with Crippen molar-refractivity contribution in [3.05, 3.63) is 36.7 Å². The fraction of sp³-hybridized carbons (Fsp3) is 0.533. The standard InChI is InChI=1S/C15H26N2O4/c1-11(2)21-15(19)17(6)13(4)9-8-12(3)16(5)14(18)10-20-7/h8-9,11,14,18H,3-4,10H2,1-2,5-7H3. The number of methoxy groups -OCH3 is 1. The zero-order chi connectivity index (χ0) is 16.6. The van der Waals surface area contributed by atoms with Crippen LogP contribution >= 0.6 is 0 Å². The second kappa shape index (κ2) is 9.20. The Morgan fingerprint density at radius 3 is 2.24 bits per heavy atom. The number of carbonyl (C=O) groups is 1. The quantitative estimate of drug-likeness (QED) is 0.548. The predicted molar refractivity (Wildman–Crippen MR) is 82.4 cm³/mol. The van der Waals surface area contributed by atoms with Crippen LogP contribution in [0.15, 0.2) is 36.7 Å². The number of amides is 1. The fourth-order valence-electron chi connectivity index (χ4n) is 1.27. The van der Waals surface area contributed by atoms with Gasteiger partial charge in [-0.1, -0.05) is 13.2 Å². The van der Waals surface area contributed by atoms with Crippen molar-refractivity contribution in [2.45, 2.75) is 26.2 Å². The monoisotopic (exact) mass is 298 g/mol. The van der Waals surface area contributed by atoms with Crippen LogP contribution < -0.4 is 0 Å². The third-order valence-corrected chi connectivity index (χ3v) is 2.73. The normalized spacial score (nSPS) is 12.3.